The van der Waals surface area contributed by atoms with Gasteiger partial charge in [-0.2, -0.15) is 4.37 Å². The Bertz CT molecular complexity index is 1410. The number of halogens is 1. The van der Waals surface area contributed by atoms with Crippen LogP contribution in [-0.2, 0) is 11.3 Å². The Morgan fingerprint density at radius 2 is 1.64 bits per heavy atom. The molecule has 0 saturated heterocycles. The highest BCUT2D eigenvalue weighted by molar-refractivity contribution is 7.09. The summed E-state index contributed by atoms with van der Waals surface area (Å²) in [6, 6.07) is 9.66. The lowest BCUT2D eigenvalue weighted by Gasteiger charge is -2.32. The predicted octanol–water partition coefficient (Wildman–Crippen LogP) is 6.18. The molecule has 5 rings (SSSR count). The zero-order valence-corrected chi connectivity index (χ0v) is 25.4. The number of aromatic nitrogens is 1. The molecule has 42 heavy (non-hydrogen) atoms. The molecule has 11 heteroatoms. The number of nitrogens with one attached hydrogen (secondary N) is 2. The average molecular weight is 612 g/mol. The van der Waals surface area contributed by atoms with Crippen molar-refractivity contribution < 1.29 is 18.8 Å². The van der Waals surface area contributed by atoms with Crippen LogP contribution in [0.2, 0.25) is 5.02 Å². The van der Waals surface area contributed by atoms with Gasteiger partial charge in [-0.15, -0.1) is 0 Å². The van der Waals surface area contributed by atoms with Crippen molar-refractivity contribution in [3.05, 3.63) is 69.1 Å². The van der Waals surface area contributed by atoms with Crippen LogP contribution in [0.15, 0.2) is 40.8 Å². The van der Waals surface area contributed by atoms with E-state index < -0.39 is 11.9 Å². The van der Waals surface area contributed by atoms with Crippen LogP contribution in [0.3, 0.4) is 0 Å². The Morgan fingerprint density at radius 1 is 1.00 bits per heavy atom. The zero-order valence-electron chi connectivity index (χ0n) is 23.9. The normalized spacial score (nSPS) is 17.0. The number of furan rings is 1. The molecule has 2 aliphatic carbocycles. The third-order valence-electron chi connectivity index (χ3n) is 8.18. The molecule has 1 unspecified atom stereocenters. The quantitative estimate of drug-likeness (QED) is 0.265. The van der Waals surface area contributed by atoms with Crippen LogP contribution in [0, 0.1) is 6.92 Å². The van der Waals surface area contributed by atoms with E-state index in [2.05, 4.69) is 15.0 Å². The number of benzene rings is 1. The number of nitrogens with zero attached hydrogens (tertiary/aromatic N) is 2. The number of anilines is 1. The number of rotatable bonds is 9. The summed E-state index contributed by atoms with van der Waals surface area (Å²) in [4.78, 5) is 42.9. The van der Waals surface area contributed by atoms with Gasteiger partial charge in [0.15, 0.2) is 11.7 Å². The number of carbonyl (C=O) groups is 3. The maximum absolute atomic E-state index is 14.3. The molecule has 0 bridgehead atoms. The lowest BCUT2D eigenvalue weighted by molar-refractivity contribution is -0.127. The maximum atomic E-state index is 14.3. The molecular formula is C31H38ClN5O4S. The molecule has 2 saturated carbocycles. The molecule has 3 aromatic rings. The van der Waals surface area contributed by atoms with Gasteiger partial charge in [-0.25, -0.2) is 0 Å². The van der Waals surface area contributed by atoms with Crippen LogP contribution in [0.1, 0.15) is 107 Å². The number of amides is 3. The number of hydrogen-bond acceptors (Lipinski definition) is 7. The van der Waals surface area contributed by atoms with Gasteiger partial charge < -0.3 is 25.7 Å². The van der Waals surface area contributed by atoms with Crippen molar-refractivity contribution in [2.24, 2.45) is 0 Å². The Hall–Kier alpha value is -3.37. The fourth-order valence-electron chi connectivity index (χ4n) is 5.89. The van der Waals surface area contributed by atoms with E-state index in [-0.39, 0.29) is 46.7 Å². The van der Waals surface area contributed by atoms with Gasteiger partial charge in [-0.3, -0.25) is 14.4 Å². The van der Waals surface area contributed by atoms with Crippen LogP contribution in [-0.4, -0.2) is 39.1 Å². The molecule has 0 radical (unpaired) electrons. The largest absolute Gasteiger partial charge is 0.464 e. The summed E-state index contributed by atoms with van der Waals surface area (Å²) in [5.41, 5.74) is 7.12. The molecule has 0 aliphatic heterocycles. The first-order valence-corrected chi connectivity index (χ1v) is 15.9. The van der Waals surface area contributed by atoms with Crippen molar-refractivity contribution in [1.82, 2.24) is 19.9 Å². The second-order valence-corrected chi connectivity index (χ2v) is 12.5. The van der Waals surface area contributed by atoms with Crippen LogP contribution >= 0.6 is 23.1 Å². The van der Waals surface area contributed by atoms with Gasteiger partial charge in [0.25, 0.3) is 17.7 Å². The van der Waals surface area contributed by atoms with E-state index in [9.17, 15) is 14.4 Å². The minimum atomic E-state index is -1.09. The van der Waals surface area contributed by atoms with Crippen molar-refractivity contribution in [2.45, 2.75) is 95.8 Å². The topological polar surface area (TPSA) is 131 Å². The molecule has 1 aromatic carbocycles. The highest BCUT2D eigenvalue weighted by Crippen LogP contribution is 2.33. The van der Waals surface area contributed by atoms with E-state index >= 15 is 0 Å². The first-order chi connectivity index (χ1) is 20.3. The fourth-order valence-corrected chi connectivity index (χ4v) is 6.84. The molecule has 224 valence electrons. The summed E-state index contributed by atoms with van der Waals surface area (Å²) in [6.07, 6.45) is 10.1. The van der Waals surface area contributed by atoms with Crippen LogP contribution in [0.5, 0.6) is 0 Å². The average Bonchev–Trinajstić information content (AvgIpc) is 3.59. The van der Waals surface area contributed by atoms with E-state index in [0.717, 1.165) is 75.7 Å². The number of aryl methyl sites for hydroxylation is 1. The SMILES string of the molecule is Cc1ccc(C(C(=O)NC2CCCCC2)N(Cc2ccccc2Cl)C(=O)c2snc(C(=O)NC3CCCCC3)c2N)o1. The molecule has 9 nitrogen and oxygen atoms in total. The third-order valence-corrected chi connectivity index (χ3v) is 9.40. The lowest BCUT2D eigenvalue weighted by atomic mass is 9.95. The maximum Gasteiger partial charge on any atom is 0.273 e. The fraction of sp³-hybridized carbons (Fsp3) is 0.484. The number of hydrogen-bond donors (Lipinski definition) is 3. The first-order valence-electron chi connectivity index (χ1n) is 14.8. The summed E-state index contributed by atoms with van der Waals surface area (Å²) in [5.74, 6) is -0.306. The number of nitrogens with two attached hydrogens (primary N) is 1. The van der Waals surface area contributed by atoms with Gasteiger partial charge in [-0.1, -0.05) is 68.3 Å². The highest BCUT2D eigenvalue weighted by Gasteiger charge is 2.38. The Kier molecular flexibility index (Phi) is 9.84. The molecule has 2 aliphatic rings. The summed E-state index contributed by atoms with van der Waals surface area (Å²) in [7, 11) is 0. The van der Waals surface area contributed by atoms with E-state index in [1.54, 1.807) is 31.2 Å². The van der Waals surface area contributed by atoms with Gasteiger partial charge in [0, 0.05) is 23.7 Å². The molecule has 4 N–H and O–H groups in total. The summed E-state index contributed by atoms with van der Waals surface area (Å²) in [5, 5.41) is 6.65. The van der Waals surface area contributed by atoms with Gasteiger partial charge in [0.2, 0.25) is 0 Å². The van der Waals surface area contributed by atoms with Crippen molar-refractivity contribution in [2.75, 3.05) is 5.73 Å². The molecule has 2 heterocycles. The van der Waals surface area contributed by atoms with Gasteiger partial charge in [0.05, 0.1) is 5.69 Å². The standard InChI is InChI=1S/C31H38ClN5O4S/c1-19-16-17-24(41-19)27(30(39)35-22-13-6-3-7-14-22)37(18-20-10-8-9-15-23(20)32)31(40)28-25(33)26(36-42-28)29(38)34-21-11-4-2-5-12-21/h8-10,15-17,21-22,27H,2-7,11-14,18,33H2,1H3,(H,34,38)(H,35,39). The number of carbonyl (C=O) groups excluding carboxylic acids is 3. The molecule has 2 aromatic heterocycles. The van der Waals surface area contributed by atoms with Gasteiger partial charge in [0.1, 0.15) is 16.4 Å². The van der Waals surface area contributed by atoms with Crippen LogP contribution in [0.25, 0.3) is 0 Å². The van der Waals surface area contributed by atoms with Crippen LogP contribution in [0.4, 0.5) is 5.69 Å². The predicted molar refractivity (Wildman–Crippen MR) is 163 cm³/mol. The third kappa shape index (κ3) is 6.98. The summed E-state index contributed by atoms with van der Waals surface area (Å²) in [6.45, 7) is 1.81. The smallest absolute Gasteiger partial charge is 0.273 e. The first kappa shape index (κ1) is 30.1. The molecule has 3 amide bonds. The molecule has 2 fully saturated rings. The minimum Gasteiger partial charge on any atom is -0.464 e. The minimum absolute atomic E-state index is 0.00420. The van der Waals surface area contributed by atoms with Crippen LogP contribution < -0.4 is 16.4 Å². The molecule has 1 atom stereocenters. The second-order valence-electron chi connectivity index (χ2n) is 11.3. The number of nitrogen functional groups attached to an aromatic ring is 1. The second kappa shape index (κ2) is 13.7. The van der Waals surface area contributed by atoms with E-state index in [0.29, 0.717) is 22.1 Å². The molecule has 0 spiro atoms. The van der Waals surface area contributed by atoms with Crippen molar-refractivity contribution in [3.8, 4) is 0 Å². The van der Waals surface area contributed by atoms with Crippen molar-refractivity contribution in [3.63, 3.8) is 0 Å². The summed E-state index contributed by atoms with van der Waals surface area (Å²) >= 11 is 7.39. The Balaban J connectivity index is 1.49. The van der Waals surface area contributed by atoms with E-state index in [4.69, 9.17) is 21.8 Å². The summed E-state index contributed by atoms with van der Waals surface area (Å²) < 4.78 is 10.2. The Labute approximate surface area is 255 Å². The lowest BCUT2D eigenvalue weighted by Crippen LogP contribution is -2.46. The van der Waals surface area contributed by atoms with Crippen molar-refractivity contribution in [1.29, 1.82) is 0 Å². The Morgan fingerprint density at radius 3 is 2.26 bits per heavy atom. The van der Waals surface area contributed by atoms with Gasteiger partial charge in [-0.05, 0) is 67.9 Å². The highest BCUT2D eigenvalue weighted by atomic mass is 35.5. The monoisotopic (exact) mass is 611 g/mol. The van der Waals surface area contributed by atoms with E-state index in [1.165, 1.54) is 4.90 Å². The van der Waals surface area contributed by atoms with Gasteiger partial charge >= 0.3 is 0 Å². The zero-order chi connectivity index (χ0) is 29.6. The molecular weight excluding hydrogens is 574 g/mol. The van der Waals surface area contributed by atoms with E-state index in [1.807, 2.05) is 12.1 Å². The van der Waals surface area contributed by atoms with Crippen molar-refractivity contribution >= 4 is 46.5 Å².